The lowest BCUT2D eigenvalue weighted by Crippen LogP contribution is -2.29. The first-order chi connectivity index (χ1) is 29.2. The highest BCUT2D eigenvalue weighted by Gasteiger charge is 2.36. The zero-order valence-electron chi connectivity index (χ0n) is 37.6. The molecule has 1 fully saturated rings. The number of allylic oxidation sites excluding steroid dienone is 4. The number of aliphatic hydroxyl groups excluding tert-OH is 1. The highest BCUT2D eigenvalue weighted by molar-refractivity contribution is 7.47. The maximum Gasteiger partial charge on any atom is 0.472 e. The lowest BCUT2D eigenvalue weighted by molar-refractivity contribution is -0.161. The summed E-state index contributed by atoms with van der Waals surface area (Å²) in [5.74, 6) is -0.299. The van der Waals surface area contributed by atoms with Crippen LogP contribution in [0.5, 0.6) is 0 Å². The van der Waals surface area contributed by atoms with E-state index >= 15 is 0 Å². The van der Waals surface area contributed by atoms with Gasteiger partial charge in [-0.05, 0) is 57.3 Å². The fourth-order valence-corrected chi connectivity index (χ4v) is 7.61. The van der Waals surface area contributed by atoms with Crippen LogP contribution in [0.2, 0.25) is 0 Å². The van der Waals surface area contributed by atoms with Crippen molar-refractivity contribution in [2.24, 2.45) is 5.92 Å². The zero-order valence-corrected chi connectivity index (χ0v) is 39.4. The van der Waals surface area contributed by atoms with Crippen molar-refractivity contribution in [2.75, 3.05) is 26.4 Å². The summed E-state index contributed by atoms with van der Waals surface area (Å²) in [6.45, 7) is 3.99. The van der Waals surface area contributed by atoms with Crippen LogP contribution < -0.4 is 0 Å². The quantitative estimate of drug-likeness (QED) is 0.0148. The third kappa shape index (κ3) is 38.5. The Bertz CT molecular complexity index is 1300. The van der Waals surface area contributed by atoms with Crippen molar-refractivity contribution in [3.8, 4) is 0 Å². The van der Waals surface area contributed by atoms with Gasteiger partial charge in [0.15, 0.2) is 6.10 Å². The van der Waals surface area contributed by atoms with Crippen LogP contribution in [0.25, 0.3) is 0 Å². The molecule has 0 aromatic heterocycles. The van der Waals surface area contributed by atoms with E-state index in [1.54, 1.807) is 0 Å². The summed E-state index contributed by atoms with van der Waals surface area (Å²) in [6.07, 6.45) is 36.0. The van der Waals surface area contributed by atoms with E-state index in [0.29, 0.717) is 19.3 Å². The maximum absolute atomic E-state index is 12.7. The van der Waals surface area contributed by atoms with Gasteiger partial charge in [-0.1, -0.05) is 154 Å². The molecular formula is C45H82O14P2. The average Bonchev–Trinajstić information content (AvgIpc) is 3.96. The molecule has 0 amide bonds. The Labute approximate surface area is 367 Å². The first-order valence-electron chi connectivity index (χ1n) is 23.2. The smallest absolute Gasteiger partial charge is 0.462 e. The molecule has 61 heavy (non-hydrogen) atoms. The van der Waals surface area contributed by atoms with E-state index in [1.807, 2.05) is 12.2 Å². The Kier molecular flexibility index (Phi) is 34.4. The second-order valence-electron chi connectivity index (χ2n) is 16.5. The standard InChI is InChI=1S/C45H82O14P2/c1-4-5-6-7-8-14-18-21-26-31-42-43(59-42)32-27-23-24-29-34-45(48)58-41(38-57-61(52,53)56-36-40(46)35-55-60(49,50)51)37-54-44(47)33-28-22-19-16-13-11-9-10-12-15-17-20-25-30-39(2)3/h8,14,21,23,26-27,39-43,46H,4-7,9-13,15-20,22,24-25,28-38H2,1-3H3,(H,52,53)(H2,49,50,51)/b14-8-,26-21-,27-23-/t40-,41+,42?,43?/m0/s1. The Morgan fingerprint density at radius 2 is 1.11 bits per heavy atom. The topological polar surface area (TPSA) is 208 Å². The SMILES string of the molecule is CCCCC/C=C\C/C=C\CC1OC1C/C=C\CCCC(=O)O[C@H](COC(=O)CCCCCCCCCCCCCCCC(C)C)COP(=O)(O)OC[C@@H](O)COP(=O)(O)O. The summed E-state index contributed by atoms with van der Waals surface area (Å²) in [7, 11) is -9.70. The molecule has 16 heteroatoms. The molecule has 0 spiro atoms. The lowest BCUT2D eigenvalue weighted by atomic mass is 10.0. The fourth-order valence-electron chi connectivity index (χ4n) is 6.45. The van der Waals surface area contributed by atoms with Gasteiger partial charge >= 0.3 is 27.6 Å². The molecule has 5 atom stereocenters. The van der Waals surface area contributed by atoms with Crippen LogP contribution in [0.1, 0.15) is 181 Å². The molecule has 1 saturated heterocycles. The second kappa shape index (κ2) is 36.6. The molecule has 0 saturated carbocycles. The summed E-state index contributed by atoms with van der Waals surface area (Å²) in [5, 5.41) is 9.76. The molecule has 1 aliphatic rings. The summed E-state index contributed by atoms with van der Waals surface area (Å²) >= 11 is 0. The van der Waals surface area contributed by atoms with E-state index < -0.39 is 66.2 Å². The minimum atomic E-state index is -4.87. The molecule has 1 heterocycles. The lowest BCUT2D eigenvalue weighted by Gasteiger charge is -2.20. The highest BCUT2D eigenvalue weighted by atomic mass is 31.2. The van der Waals surface area contributed by atoms with Crippen molar-refractivity contribution < 1.29 is 66.3 Å². The van der Waals surface area contributed by atoms with Crippen LogP contribution in [0.3, 0.4) is 0 Å². The first kappa shape index (κ1) is 57.3. The van der Waals surface area contributed by atoms with Gasteiger partial charge in [-0.2, -0.15) is 0 Å². The van der Waals surface area contributed by atoms with Crippen LogP contribution in [0.15, 0.2) is 36.5 Å². The zero-order chi connectivity index (χ0) is 45.0. The van der Waals surface area contributed by atoms with Gasteiger partial charge in [0.05, 0.1) is 32.0 Å². The van der Waals surface area contributed by atoms with Crippen LogP contribution in [0.4, 0.5) is 0 Å². The monoisotopic (exact) mass is 909 g/mol. The molecule has 1 rings (SSSR count). The van der Waals surface area contributed by atoms with Crippen LogP contribution >= 0.6 is 15.6 Å². The van der Waals surface area contributed by atoms with Gasteiger partial charge in [-0.15, -0.1) is 0 Å². The summed E-state index contributed by atoms with van der Waals surface area (Å²) in [4.78, 5) is 52.8. The van der Waals surface area contributed by atoms with Crippen molar-refractivity contribution >= 4 is 27.6 Å². The van der Waals surface area contributed by atoms with Gasteiger partial charge in [0.1, 0.15) is 12.7 Å². The minimum absolute atomic E-state index is 0.0484. The Morgan fingerprint density at radius 1 is 0.607 bits per heavy atom. The molecule has 0 radical (unpaired) electrons. The number of hydrogen-bond acceptors (Lipinski definition) is 11. The Balaban J connectivity index is 2.38. The molecule has 1 aliphatic heterocycles. The van der Waals surface area contributed by atoms with E-state index in [9.17, 15) is 28.7 Å². The van der Waals surface area contributed by atoms with Gasteiger partial charge in [0, 0.05) is 12.8 Å². The molecule has 3 unspecified atom stereocenters. The van der Waals surface area contributed by atoms with Crippen LogP contribution in [-0.2, 0) is 46.5 Å². The molecule has 14 nitrogen and oxygen atoms in total. The number of aliphatic hydroxyl groups is 1. The van der Waals surface area contributed by atoms with E-state index in [4.69, 9.17) is 33.0 Å². The van der Waals surface area contributed by atoms with Gasteiger partial charge < -0.3 is 34.0 Å². The van der Waals surface area contributed by atoms with E-state index in [-0.39, 0.29) is 25.0 Å². The maximum atomic E-state index is 12.7. The van der Waals surface area contributed by atoms with Crippen LogP contribution in [-0.4, -0.2) is 82.6 Å². The molecule has 356 valence electrons. The number of carbonyl (C=O) groups excluding carboxylic acids is 2. The molecule has 0 bridgehead atoms. The summed E-state index contributed by atoms with van der Waals surface area (Å²) in [5.41, 5.74) is 0. The van der Waals surface area contributed by atoms with Gasteiger partial charge in [0.25, 0.3) is 0 Å². The van der Waals surface area contributed by atoms with Crippen molar-refractivity contribution in [1.29, 1.82) is 0 Å². The van der Waals surface area contributed by atoms with E-state index in [0.717, 1.165) is 50.9 Å². The predicted molar refractivity (Wildman–Crippen MR) is 239 cm³/mol. The largest absolute Gasteiger partial charge is 0.472 e. The Hall–Kier alpha value is -1.70. The van der Waals surface area contributed by atoms with Crippen LogP contribution in [0, 0.1) is 5.92 Å². The number of epoxide rings is 1. The van der Waals surface area contributed by atoms with Gasteiger partial charge in [0.2, 0.25) is 0 Å². The molecule has 4 N–H and O–H groups in total. The molecule has 0 aliphatic carbocycles. The number of esters is 2. The number of hydrogen-bond donors (Lipinski definition) is 4. The first-order valence-corrected chi connectivity index (χ1v) is 26.2. The average molecular weight is 909 g/mol. The molecule has 0 aromatic carbocycles. The van der Waals surface area contributed by atoms with Crippen molar-refractivity contribution in [1.82, 2.24) is 0 Å². The number of carbonyl (C=O) groups is 2. The number of ether oxygens (including phenoxy) is 3. The minimum Gasteiger partial charge on any atom is -0.462 e. The Morgan fingerprint density at radius 3 is 1.72 bits per heavy atom. The normalized spacial score (nSPS) is 17.7. The fraction of sp³-hybridized carbons (Fsp3) is 0.822. The van der Waals surface area contributed by atoms with E-state index in [2.05, 4.69) is 49.6 Å². The number of phosphoric ester groups is 2. The third-order valence-electron chi connectivity index (χ3n) is 10.1. The third-order valence-corrected chi connectivity index (χ3v) is 11.5. The van der Waals surface area contributed by atoms with Crippen molar-refractivity contribution in [3.05, 3.63) is 36.5 Å². The summed E-state index contributed by atoms with van der Waals surface area (Å²) in [6, 6.07) is 0. The number of rotatable bonds is 42. The molecular weight excluding hydrogens is 826 g/mol. The second-order valence-corrected chi connectivity index (χ2v) is 19.2. The van der Waals surface area contributed by atoms with Gasteiger partial charge in [-0.25, -0.2) is 9.13 Å². The molecule has 0 aromatic rings. The van der Waals surface area contributed by atoms with Crippen molar-refractivity contribution in [3.63, 3.8) is 0 Å². The predicted octanol–water partition coefficient (Wildman–Crippen LogP) is 10.9. The van der Waals surface area contributed by atoms with E-state index in [1.165, 1.54) is 83.5 Å². The number of unbranched alkanes of at least 4 members (excludes halogenated alkanes) is 16. The number of phosphoric acid groups is 2. The van der Waals surface area contributed by atoms with Gasteiger partial charge in [-0.3, -0.25) is 23.2 Å². The highest BCUT2D eigenvalue weighted by Crippen LogP contribution is 2.44. The summed E-state index contributed by atoms with van der Waals surface area (Å²) < 4.78 is 53.6. The van der Waals surface area contributed by atoms with Crippen molar-refractivity contribution in [2.45, 2.75) is 206 Å².